The van der Waals surface area contributed by atoms with Gasteiger partial charge < -0.3 is 15.4 Å². The van der Waals surface area contributed by atoms with Crippen LogP contribution in [0.15, 0.2) is 24.3 Å². The van der Waals surface area contributed by atoms with Crippen LogP contribution in [0, 0.1) is 0 Å². The van der Waals surface area contributed by atoms with Crippen LogP contribution < -0.4 is 10.6 Å². The molecular formula is C22H32N2O2. The molecule has 4 rings (SSSR count). The number of ether oxygens (including phenoxy) is 1. The molecule has 2 saturated carbocycles. The monoisotopic (exact) mass is 356 g/mol. The largest absolute Gasteiger partial charge is 0.444 e. The van der Waals surface area contributed by atoms with E-state index in [4.69, 9.17) is 4.74 Å². The maximum Gasteiger partial charge on any atom is 0.407 e. The molecule has 0 aliphatic heterocycles. The first kappa shape index (κ1) is 17.8. The summed E-state index contributed by atoms with van der Waals surface area (Å²) in [6, 6.07) is 10.5. The Morgan fingerprint density at radius 2 is 1.81 bits per heavy atom. The van der Waals surface area contributed by atoms with Gasteiger partial charge in [0, 0.05) is 23.5 Å². The number of benzene rings is 1. The summed E-state index contributed by atoms with van der Waals surface area (Å²) >= 11 is 0. The molecule has 2 N–H and O–H groups in total. The van der Waals surface area contributed by atoms with E-state index >= 15 is 0 Å². The second-order valence-corrected chi connectivity index (χ2v) is 9.43. The maximum absolute atomic E-state index is 11.9. The van der Waals surface area contributed by atoms with Crippen LogP contribution >= 0.6 is 0 Å². The lowest BCUT2D eigenvalue weighted by Gasteiger charge is -2.31. The van der Waals surface area contributed by atoms with Crippen LogP contribution in [0.5, 0.6) is 0 Å². The van der Waals surface area contributed by atoms with Gasteiger partial charge in [-0.15, -0.1) is 0 Å². The summed E-state index contributed by atoms with van der Waals surface area (Å²) in [5.41, 5.74) is 3.14. The predicted octanol–water partition coefficient (Wildman–Crippen LogP) is 4.07. The van der Waals surface area contributed by atoms with Gasteiger partial charge in [0.15, 0.2) is 0 Å². The Hall–Kier alpha value is -1.55. The first-order valence-electron chi connectivity index (χ1n) is 10.2. The number of nitrogens with one attached hydrogen (secondary N) is 2. The average Bonchev–Trinajstić information content (AvgIpc) is 3.13. The second kappa shape index (κ2) is 6.56. The predicted molar refractivity (Wildman–Crippen MR) is 103 cm³/mol. The van der Waals surface area contributed by atoms with Crippen molar-refractivity contribution in [2.75, 3.05) is 0 Å². The van der Waals surface area contributed by atoms with E-state index in [1.54, 1.807) is 11.1 Å². The van der Waals surface area contributed by atoms with Crippen LogP contribution in [0.25, 0.3) is 0 Å². The van der Waals surface area contributed by atoms with Gasteiger partial charge in [-0.1, -0.05) is 24.3 Å². The van der Waals surface area contributed by atoms with Crippen molar-refractivity contribution in [2.24, 2.45) is 0 Å². The second-order valence-electron chi connectivity index (χ2n) is 9.43. The van der Waals surface area contributed by atoms with Gasteiger partial charge in [0.05, 0.1) is 0 Å². The van der Waals surface area contributed by atoms with Gasteiger partial charge in [-0.25, -0.2) is 4.79 Å². The summed E-state index contributed by atoms with van der Waals surface area (Å²) < 4.78 is 5.37. The summed E-state index contributed by atoms with van der Waals surface area (Å²) in [7, 11) is 0. The van der Waals surface area contributed by atoms with Crippen LogP contribution in [0.3, 0.4) is 0 Å². The number of fused-ring (bicyclic) bond motifs is 2. The molecule has 142 valence electrons. The number of carbonyl (C=O) groups excluding carboxylic acids is 1. The van der Waals surface area contributed by atoms with Crippen LogP contribution in [0.2, 0.25) is 0 Å². The van der Waals surface area contributed by atoms with Gasteiger partial charge in [-0.2, -0.15) is 0 Å². The van der Waals surface area contributed by atoms with E-state index < -0.39 is 5.60 Å². The highest BCUT2D eigenvalue weighted by Crippen LogP contribution is 2.57. The first-order chi connectivity index (χ1) is 12.4. The Labute approximate surface area is 157 Å². The van der Waals surface area contributed by atoms with Crippen molar-refractivity contribution in [1.29, 1.82) is 0 Å². The quantitative estimate of drug-likeness (QED) is 0.858. The highest BCUT2D eigenvalue weighted by atomic mass is 16.6. The number of rotatable bonds is 3. The molecule has 0 bridgehead atoms. The van der Waals surface area contributed by atoms with Crippen LogP contribution in [0.1, 0.15) is 70.4 Å². The van der Waals surface area contributed by atoms with E-state index in [-0.39, 0.29) is 12.1 Å². The van der Waals surface area contributed by atoms with Crippen molar-refractivity contribution < 1.29 is 9.53 Å². The zero-order chi connectivity index (χ0) is 18.4. The molecule has 0 heterocycles. The highest BCUT2D eigenvalue weighted by molar-refractivity contribution is 5.68. The lowest BCUT2D eigenvalue weighted by atomic mass is 9.90. The molecule has 1 spiro atoms. The lowest BCUT2D eigenvalue weighted by Crippen LogP contribution is -2.45. The van der Waals surface area contributed by atoms with Crippen LogP contribution in [-0.2, 0) is 16.6 Å². The molecule has 2 atom stereocenters. The van der Waals surface area contributed by atoms with Gasteiger partial charge in [0.1, 0.15) is 5.60 Å². The summed E-state index contributed by atoms with van der Waals surface area (Å²) in [6.45, 7) is 5.71. The van der Waals surface area contributed by atoms with Gasteiger partial charge >= 0.3 is 6.09 Å². The van der Waals surface area contributed by atoms with Crippen molar-refractivity contribution in [2.45, 2.75) is 94.9 Å². The minimum Gasteiger partial charge on any atom is -0.444 e. The Morgan fingerprint density at radius 3 is 2.54 bits per heavy atom. The third-order valence-corrected chi connectivity index (χ3v) is 6.35. The van der Waals surface area contributed by atoms with Gasteiger partial charge in [0.2, 0.25) is 0 Å². The normalized spacial score (nSPS) is 33.0. The molecule has 2 unspecified atom stereocenters. The first-order valence-corrected chi connectivity index (χ1v) is 10.2. The Bertz CT molecular complexity index is 673. The van der Waals surface area contributed by atoms with Gasteiger partial charge in [0.25, 0.3) is 0 Å². The number of hydrogen-bond donors (Lipinski definition) is 2. The fraction of sp³-hybridized carbons (Fsp3) is 0.682. The summed E-state index contributed by atoms with van der Waals surface area (Å²) in [4.78, 5) is 11.9. The molecule has 0 radical (unpaired) electrons. The van der Waals surface area contributed by atoms with Gasteiger partial charge in [-0.05, 0) is 76.8 Å². The third kappa shape index (κ3) is 3.62. The average molecular weight is 357 g/mol. The molecule has 2 fully saturated rings. The number of alkyl carbamates (subject to hydrolysis) is 1. The maximum atomic E-state index is 11.9. The molecule has 3 aliphatic carbocycles. The minimum absolute atomic E-state index is 0.253. The number of hydrogen-bond acceptors (Lipinski definition) is 3. The Balaban J connectivity index is 1.24. The number of aryl methyl sites for hydroxylation is 1. The molecule has 4 heteroatoms. The van der Waals surface area contributed by atoms with Crippen molar-refractivity contribution >= 4 is 6.09 Å². The summed E-state index contributed by atoms with van der Waals surface area (Å²) in [5.74, 6) is 0. The molecule has 0 saturated heterocycles. The van der Waals surface area contributed by atoms with E-state index in [0.29, 0.717) is 17.5 Å². The van der Waals surface area contributed by atoms with Crippen LogP contribution in [-0.4, -0.2) is 29.8 Å². The SMILES string of the molecule is CC(C)(C)OC(=O)NC1CCC(NC2CC23CCc2ccccc23)CC1. The Kier molecular flexibility index (Phi) is 4.50. The number of amides is 1. The zero-order valence-electron chi connectivity index (χ0n) is 16.3. The van der Waals surface area contributed by atoms with Crippen molar-refractivity contribution in [3.63, 3.8) is 0 Å². The smallest absolute Gasteiger partial charge is 0.407 e. The molecule has 0 aromatic heterocycles. The highest BCUT2D eigenvalue weighted by Gasteiger charge is 2.58. The van der Waals surface area contributed by atoms with Crippen LogP contribution in [0.4, 0.5) is 4.79 Å². The molecule has 1 aromatic rings. The van der Waals surface area contributed by atoms with E-state index in [9.17, 15) is 4.79 Å². The van der Waals surface area contributed by atoms with E-state index in [1.807, 2.05) is 20.8 Å². The van der Waals surface area contributed by atoms with E-state index in [2.05, 4.69) is 34.9 Å². The third-order valence-electron chi connectivity index (χ3n) is 6.35. The molecule has 26 heavy (non-hydrogen) atoms. The van der Waals surface area contributed by atoms with Crippen molar-refractivity contribution in [3.05, 3.63) is 35.4 Å². The summed E-state index contributed by atoms with van der Waals surface area (Å²) in [6.07, 6.45) is 7.89. The number of carbonyl (C=O) groups is 1. The fourth-order valence-corrected chi connectivity index (χ4v) is 4.98. The minimum atomic E-state index is -0.430. The molecule has 1 aromatic carbocycles. The zero-order valence-corrected chi connectivity index (χ0v) is 16.3. The van der Waals surface area contributed by atoms with Gasteiger partial charge in [-0.3, -0.25) is 0 Å². The molecule has 3 aliphatic rings. The molecule has 4 nitrogen and oxygen atoms in total. The van der Waals surface area contributed by atoms with Crippen molar-refractivity contribution in [3.8, 4) is 0 Å². The van der Waals surface area contributed by atoms with E-state index in [0.717, 1.165) is 25.7 Å². The molecule has 1 amide bonds. The lowest BCUT2D eigenvalue weighted by molar-refractivity contribution is 0.0489. The van der Waals surface area contributed by atoms with Crippen molar-refractivity contribution in [1.82, 2.24) is 10.6 Å². The topological polar surface area (TPSA) is 50.4 Å². The fourth-order valence-electron chi connectivity index (χ4n) is 4.98. The molecular weight excluding hydrogens is 324 g/mol. The summed E-state index contributed by atoms with van der Waals surface area (Å²) in [5, 5.41) is 6.97. The van der Waals surface area contributed by atoms with E-state index in [1.165, 1.54) is 19.3 Å². The Morgan fingerprint density at radius 1 is 1.12 bits per heavy atom. The standard InChI is InChI=1S/C22H32N2O2/c1-21(2,3)26-20(25)24-17-10-8-16(9-11-17)23-19-14-22(19)13-12-15-6-4-5-7-18(15)22/h4-7,16-17,19,23H,8-14H2,1-3H3,(H,24,25).